The monoisotopic (exact) mass is 1200 g/mol. The molecule has 17 nitrogen and oxygen atoms in total. The van der Waals surface area contributed by atoms with Gasteiger partial charge in [0.2, 0.25) is 0 Å². The van der Waals surface area contributed by atoms with Gasteiger partial charge in [-0.2, -0.15) is 0 Å². The standard InChI is InChI=1S/C62H120O17P2/c1-6-10-13-16-18-20-21-22-23-24-25-27-33-38-43-48-62(67)79-58(52-73-60(65)46-41-36-31-29-28-30-35-39-44-55(5)9-4)54-77-81(70,71)75-50-56(63)49-74-80(68,69)76-53-57(51-72-59(64)45-40-34-15-12-8-3)78-61(66)47-42-37-32-26-19-17-14-11-7-2/h55-58,63H,6-54H2,1-5H3,(H,68,69)(H,70,71)/t55?,56-,57+,58+/m0/s1. The zero-order valence-electron chi connectivity index (χ0n) is 51.9. The van der Waals surface area contributed by atoms with Crippen molar-refractivity contribution in [3.05, 3.63) is 0 Å². The van der Waals surface area contributed by atoms with Gasteiger partial charge in [0.25, 0.3) is 0 Å². The second kappa shape index (κ2) is 55.9. The first kappa shape index (κ1) is 79.1. The van der Waals surface area contributed by atoms with Crippen LogP contribution in [0.25, 0.3) is 0 Å². The van der Waals surface area contributed by atoms with E-state index in [1.54, 1.807) is 0 Å². The Hall–Kier alpha value is -1.94. The first-order chi connectivity index (χ1) is 39.1. The van der Waals surface area contributed by atoms with Gasteiger partial charge < -0.3 is 33.8 Å². The quantitative estimate of drug-likeness (QED) is 0.0222. The zero-order valence-corrected chi connectivity index (χ0v) is 53.7. The molecule has 0 heterocycles. The van der Waals surface area contributed by atoms with Crippen molar-refractivity contribution in [2.75, 3.05) is 39.6 Å². The number of hydrogen-bond acceptors (Lipinski definition) is 15. The van der Waals surface area contributed by atoms with Crippen molar-refractivity contribution in [3.63, 3.8) is 0 Å². The lowest BCUT2D eigenvalue weighted by molar-refractivity contribution is -0.161. The van der Waals surface area contributed by atoms with Gasteiger partial charge in [0, 0.05) is 25.7 Å². The van der Waals surface area contributed by atoms with Gasteiger partial charge in [0.1, 0.15) is 19.3 Å². The zero-order chi connectivity index (χ0) is 59.9. The van der Waals surface area contributed by atoms with Crippen LogP contribution in [0.15, 0.2) is 0 Å². The number of esters is 4. The molecule has 0 aromatic heterocycles. The largest absolute Gasteiger partial charge is 0.472 e. The van der Waals surface area contributed by atoms with Gasteiger partial charge in [0.15, 0.2) is 12.2 Å². The van der Waals surface area contributed by atoms with E-state index in [2.05, 4.69) is 34.6 Å². The Morgan fingerprint density at radius 2 is 0.593 bits per heavy atom. The average Bonchev–Trinajstić information content (AvgIpc) is 3.44. The van der Waals surface area contributed by atoms with Crippen molar-refractivity contribution < 1.29 is 80.2 Å². The molecule has 0 aliphatic carbocycles. The number of aliphatic hydroxyl groups excluding tert-OH is 1. The number of carbonyl (C=O) groups is 4. The summed E-state index contributed by atoms with van der Waals surface area (Å²) in [5, 5.41) is 10.5. The lowest BCUT2D eigenvalue weighted by Gasteiger charge is -2.21. The first-order valence-corrected chi connectivity index (χ1v) is 35.7. The highest BCUT2D eigenvalue weighted by Crippen LogP contribution is 2.45. The summed E-state index contributed by atoms with van der Waals surface area (Å²) in [6, 6.07) is 0. The highest BCUT2D eigenvalue weighted by molar-refractivity contribution is 7.47. The fourth-order valence-corrected chi connectivity index (χ4v) is 10.8. The maximum absolute atomic E-state index is 13.0. The summed E-state index contributed by atoms with van der Waals surface area (Å²) >= 11 is 0. The fraction of sp³-hybridized carbons (Fsp3) is 0.935. The minimum atomic E-state index is -4.94. The minimum absolute atomic E-state index is 0.105. The van der Waals surface area contributed by atoms with Gasteiger partial charge in [0.05, 0.1) is 26.4 Å². The molecule has 0 aromatic rings. The Bertz CT molecular complexity index is 1590. The van der Waals surface area contributed by atoms with E-state index in [1.165, 1.54) is 128 Å². The molecule has 3 N–H and O–H groups in total. The maximum atomic E-state index is 13.0. The molecule has 0 rings (SSSR count). The number of phosphoric acid groups is 2. The van der Waals surface area contributed by atoms with Crippen LogP contribution in [0, 0.1) is 5.92 Å². The van der Waals surface area contributed by atoms with E-state index in [0.29, 0.717) is 25.7 Å². The van der Waals surface area contributed by atoms with Gasteiger partial charge in [-0.25, -0.2) is 9.13 Å². The molecule has 19 heteroatoms. The van der Waals surface area contributed by atoms with Gasteiger partial charge in [-0.1, -0.05) is 259 Å². The van der Waals surface area contributed by atoms with Crippen LogP contribution < -0.4 is 0 Å². The van der Waals surface area contributed by atoms with Crippen molar-refractivity contribution in [1.82, 2.24) is 0 Å². The molecule has 3 unspecified atom stereocenters. The number of aliphatic hydroxyl groups is 1. The van der Waals surface area contributed by atoms with Crippen LogP contribution in [0.3, 0.4) is 0 Å². The molecule has 0 aromatic carbocycles. The molecule has 6 atom stereocenters. The number of phosphoric ester groups is 2. The molecule has 0 saturated heterocycles. The summed E-state index contributed by atoms with van der Waals surface area (Å²) in [6.07, 6.45) is 39.2. The molecule has 480 valence electrons. The third-order valence-electron chi connectivity index (χ3n) is 14.6. The molecule has 0 fully saturated rings. The SMILES string of the molecule is CCCCCCCCCCCCCCCCCC(=O)O[C@H](COC(=O)CCCCCCCCCCC(C)CC)COP(=O)(O)OC[C@@H](O)COP(=O)(O)OC[C@@H](COC(=O)CCCCCCC)OC(=O)CCCCCCCCCCC. The lowest BCUT2D eigenvalue weighted by Crippen LogP contribution is -2.30. The van der Waals surface area contributed by atoms with Crippen molar-refractivity contribution >= 4 is 39.5 Å². The second-order valence-corrected chi connectivity index (χ2v) is 25.6. The summed E-state index contributed by atoms with van der Waals surface area (Å²) in [7, 11) is -9.87. The Morgan fingerprint density at radius 1 is 0.346 bits per heavy atom. The van der Waals surface area contributed by atoms with Crippen LogP contribution in [0.2, 0.25) is 0 Å². The summed E-state index contributed by atoms with van der Waals surface area (Å²) in [5.41, 5.74) is 0. The maximum Gasteiger partial charge on any atom is 0.472 e. The number of hydrogen-bond donors (Lipinski definition) is 3. The molecule has 0 aliphatic rings. The molecule has 0 aliphatic heterocycles. The van der Waals surface area contributed by atoms with E-state index in [0.717, 1.165) is 102 Å². The molecule has 0 saturated carbocycles. The minimum Gasteiger partial charge on any atom is -0.462 e. The smallest absolute Gasteiger partial charge is 0.462 e. The van der Waals surface area contributed by atoms with Crippen LogP contribution in [-0.4, -0.2) is 96.7 Å². The third kappa shape index (κ3) is 55.7. The van der Waals surface area contributed by atoms with E-state index in [9.17, 15) is 43.2 Å². The topological polar surface area (TPSA) is 237 Å². The molecular formula is C62H120O17P2. The first-order valence-electron chi connectivity index (χ1n) is 32.7. The predicted octanol–water partition coefficient (Wildman–Crippen LogP) is 17.0. The van der Waals surface area contributed by atoms with E-state index < -0.39 is 97.5 Å². The van der Waals surface area contributed by atoms with E-state index in [-0.39, 0.29) is 25.7 Å². The highest BCUT2D eigenvalue weighted by atomic mass is 31.2. The van der Waals surface area contributed by atoms with Crippen molar-refractivity contribution in [2.45, 2.75) is 329 Å². The predicted molar refractivity (Wildman–Crippen MR) is 322 cm³/mol. The molecule has 0 radical (unpaired) electrons. The van der Waals surface area contributed by atoms with Crippen LogP contribution in [0.1, 0.15) is 311 Å². The number of ether oxygens (including phenoxy) is 4. The van der Waals surface area contributed by atoms with Crippen molar-refractivity contribution in [2.24, 2.45) is 5.92 Å². The second-order valence-electron chi connectivity index (χ2n) is 22.7. The third-order valence-corrected chi connectivity index (χ3v) is 16.5. The molecule has 0 bridgehead atoms. The van der Waals surface area contributed by atoms with E-state index in [4.69, 9.17) is 37.0 Å². The summed E-state index contributed by atoms with van der Waals surface area (Å²) < 4.78 is 67.7. The van der Waals surface area contributed by atoms with Crippen molar-refractivity contribution in [3.8, 4) is 0 Å². The summed E-state index contributed by atoms with van der Waals surface area (Å²) in [4.78, 5) is 71.8. The van der Waals surface area contributed by atoms with Gasteiger partial charge >= 0.3 is 39.5 Å². The number of carbonyl (C=O) groups excluding carboxylic acids is 4. The molecule has 0 amide bonds. The van der Waals surface area contributed by atoms with Gasteiger partial charge in [-0.3, -0.25) is 37.3 Å². The molecule has 0 spiro atoms. The molecular weight excluding hydrogens is 1080 g/mol. The normalized spacial score (nSPS) is 14.6. The van der Waals surface area contributed by atoms with Gasteiger partial charge in [-0.05, 0) is 31.6 Å². The van der Waals surface area contributed by atoms with Crippen LogP contribution >= 0.6 is 15.6 Å². The van der Waals surface area contributed by atoms with Crippen LogP contribution in [0.5, 0.6) is 0 Å². The van der Waals surface area contributed by atoms with E-state index >= 15 is 0 Å². The Labute approximate surface area is 492 Å². The molecule has 81 heavy (non-hydrogen) atoms. The average molecular weight is 1200 g/mol. The Morgan fingerprint density at radius 3 is 0.877 bits per heavy atom. The van der Waals surface area contributed by atoms with Crippen LogP contribution in [-0.2, 0) is 65.4 Å². The highest BCUT2D eigenvalue weighted by Gasteiger charge is 2.30. The Balaban J connectivity index is 5.18. The van der Waals surface area contributed by atoms with Crippen LogP contribution in [0.4, 0.5) is 0 Å². The Kier molecular flexibility index (Phi) is 54.6. The summed E-state index contributed by atoms with van der Waals surface area (Å²) in [5.74, 6) is -1.37. The fourth-order valence-electron chi connectivity index (χ4n) is 9.20. The van der Waals surface area contributed by atoms with Gasteiger partial charge in [-0.15, -0.1) is 0 Å². The number of rotatable bonds is 62. The number of unbranched alkanes of at least 4 members (excludes halogenated alkanes) is 33. The van der Waals surface area contributed by atoms with E-state index in [1.807, 2.05) is 0 Å². The summed E-state index contributed by atoms with van der Waals surface area (Å²) in [6.45, 7) is 7.08. The van der Waals surface area contributed by atoms with Crippen molar-refractivity contribution in [1.29, 1.82) is 0 Å². The lowest BCUT2D eigenvalue weighted by atomic mass is 9.99.